The van der Waals surface area contributed by atoms with Crippen molar-refractivity contribution in [3.63, 3.8) is 0 Å². The fraction of sp³-hybridized carbons (Fsp3) is 0.333. The average Bonchev–Trinajstić information content (AvgIpc) is 2.75. The summed E-state index contributed by atoms with van der Waals surface area (Å²) in [5, 5.41) is 2.47. The third kappa shape index (κ3) is 4.36. The van der Waals surface area contributed by atoms with E-state index in [-0.39, 0.29) is 23.3 Å². The van der Waals surface area contributed by atoms with E-state index in [1.165, 1.54) is 13.2 Å². The van der Waals surface area contributed by atoms with E-state index in [0.717, 1.165) is 33.4 Å². The molecule has 2 aromatic heterocycles. The van der Waals surface area contributed by atoms with Gasteiger partial charge in [-0.1, -0.05) is 6.92 Å². The van der Waals surface area contributed by atoms with Gasteiger partial charge < -0.3 is 10.1 Å². The van der Waals surface area contributed by atoms with Gasteiger partial charge in [0.2, 0.25) is 5.91 Å². The first kappa shape index (κ1) is 23.0. The van der Waals surface area contributed by atoms with E-state index in [1.807, 2.05) is 6.92 Å². The molecule has 0 spiro atoms. The number of anilines is 1. The van der Waals surface area contributed by atoms with Crippen LogP contribution in [0.15, 0.2) is 40.1 Å². The number of nitrogens with one attached hydrogen (secondary N) is 1. The first-order chi connectivity index (χ1) is 15.1. The lowest BCUT2D eigenvalue weighted by Crippen LogP contribution is -2.42. The number of aromatic nitrogens is 3. The van der Waals surface area contributed by atoms with Crippen molar-refractivity contribution >= 4 is 22.6 Å². The molecule has 0 atom stereocenters. The van der Waals surface area contributed by atoms with Crippen molar-refractivity contribution < 1.29 is 22.7 Å². The largest absolute Gasteiger partial charge is 0.493 e. The molecule has 11 heteroatoms. The Morgan fingerprint density at radius 2 is 1.81 bits per heavy atom. The molecule has 3 aromatic rings. The molecule has 3 rings (SSSR count). The van der Waals surface area contributed by atoms with Gasteiger partial charge >= 0.3 is 11.9 Å². The summed E-state index contributed by atoms with van der Waals surface area (Å²) >= 11 is 0. The van der Waals surface area contributed by atoms with Gasteiger partial charge in [-0.05, 0) is 37.6 Å². The Morgan fingerprint density at radius 3 is 2.38 bits per heavy atom. The van der Waals surface area contributed by atoms with E-state index < -0.39 is 35.4 Å². The number of nitrogens with zero attached hydrogens (tertiary/aromatic N) is 3. The minimum Gasteiger partial charge on any atom is -0.493 e. The van der Waals surface area contributed by atoms with Gasteiger partial charge in [0.25, 0.3) is 5.56 Å². The van der Waals surface area contributed by atoms with Crippen LogP contribution in [0.2, 0.25) is 0 Å². The van der Waals surface area contributed by atoms with Gasteiger partial charge in [-0.3, -0.25) is 14.2 Å². The molecule has 0 unspecified atom stereocenters. The predicted molar refractivity (Wildman–Crippen MR) is 112 cm³/mol. The molecule has 0 aliphatic carbocycles. The molecular formula is C21H21F3N4O4. The fourth-order valence-corrected chi connectivity index (χ4v) is 3.25. The number of fused-ring (bicyclic) bond motifs is 1. The first-order valence-corrected chi connectivity index (χ1v) is 9.79. The molecule has 170 valence electrons. The van der Waals surface area contributed by atoms with Crippen LogP contribution in [0.3, 0.4) is 0 Å². The maximum Gasteiger partial charge on any atom is 0.416 e. The lowest BCUT2D eigenvalue weighted by Gasteiger charge is -2.15. The number of carbonyl (C=O) groups excluding carboxylic acids is 1. The molecule has 1 N–H and O–H groups in total. The lowest BCUT2D eigenvalue weighted by atomic mass is 10.1. The summed E-state index contributed by atoms with van der Waals surface area (Å²) in [5.41, 5.74) is -1.46. The second kappa shape index (κ2) is 8.85. The molecule has 0 saturated carbocycles. The number of halogens is 3. The normalized spacial score (nSPS) is 11.6. The second-order valence-corrected chi connectivity index (χ2v) is 6.95. The summed E-state index contributed by atoms with van der Waals surface area (Å²) in [6.45, 7) is 3.26. The van der Waals surface area contributed by atoms with Gasteiger partial charge in [-0.25, -0.2) is 14.3 Å². The maximum atomic E-state index is 13.1. The number of alkyl halides is 3. The molecule has 8 nitrogen and oxygen atoms in total. The number of pyridine rings is 1. The monoisotopic (exact) mass is 450 g/mol. The van der Waals surface area contributed by atoms with Crippen LogP contribution in [0, 0.1) is 0 Å². The van der Waals surface area contributed by atoms with Crippen molar-refractivity contribution in [3.05, 3.63) is 62.4 Å². The minimum atomic E-state index is -4.50. The number of benzene rings is 1. The number of rotatable bonds is 6. The van der Waals surface area contributed by atoms with Crippen molar-refractivity contribution in [1.29, 1.82) is 0 Å². The summed E-state index contributed by atoms with van der Waals surface area (Å²) in [5.74, 6) is -0.446. The van der Waals surface area contributed by atoms with Crippen LogP contribution >= 0.6 is 0 Å². The number of hydrogen-bond donors (Lipinski definition) is 1. The fourth-order valence-electron chi connectivity index (χ4n) is 3.25. The lowest BCUT2D eigenvalue weighted by molar-refractivity contribution is -0.137. The molecule has 0 aliphatic rings. The van der Waals surface area contributed by atoms with Gasteiger partial charge in [0, 0.05) is 24.5 Å². The van der Waals surface area contributed by atoms with Crippen molar-refractivity contribution in [3.8, 4) is 5.75 Å². The van der Waals surface area contributed by atoms with Gasteiger partial charge in [-0.2, -0.15) is 13.2 Å². The average molecular weight is 450 g/mol. The van der Waals surface area contributed by atoms with Crippen molar-refractivity contribution in [2.24, 2.45) is 7.05 Å². The number of hydrogen-bond acceptors (Lipinski definition) is 5. The third-order valence-electron chi connectivity index (χ3n) is 4.85. The molecule has 1 amide bonds. The summed E-state index contributed by atoms with van der Waals surface area (Å²) in [6.07, 6.45) is -2.43. The Kier molecular flexibility index (Phi) is 6.37. The highest BCUT2D eigenvalue weighted by atomic mass is 19.4. The van der Waals surface area contributed by atoms with Crippen LogP contribution in [-0.4, -0.2) is 26.6 Å². The number of carbonyl (C=O) groups is 1. The van der Waals surface area contributed by atoms with Gasteiger partial charge in [0.1, 0.15) is 17.7 Å². The Morgan fingerprint density at radius 1 is 1.16 bits per heavy atom. The minimum absolute atomic E-state index is 0.0793. The van der Waals surface area contributed by atoms with Crippen LogP contribution in [-0.2, 0) is 31.0 Å². The molecule has 0 fully saturated rings. The van der Waals surface area contributed by atoms with Crippen LogP contribution in [0.5, 0.6) is 5.75 Å². The standard InChI is InChI=1S/C21H21F3N4O4/c1-4-12-10-25-18-16(17(12)32-5-2)19(30)28(20(31)27(18)3)11-15(29)26-14-8-6-13(7-9-14)21(22,23)24/h6-10H,4-5,11H2,1-3H3,(H,26,29). The molecule has 0 radical (unpaired) electrons. The van der Waals surface area contributed by atoms with E-state index in [1.54, 1.807) is 6.92 Å². The van der Waals surface area contributed by atoms with Crippen LogP contribution in [0.25, 0.3) is 11.0 Å². The highest BCUT2D eigenvalue weighted by Crippen LogP contribution is 2.30. The van der Waals surface area contributed by atoms with Crippen molar-refractivity contribution in [2.75, 3.05) is 11.9 Å². The quantitative estimate of drug-likeness (QED) is 0.623. The zero-order valence-electron chi connectivity index (χ0n) is 17.6. The van der Waals surface area contributed by atoms with Crippen molar-refractivity contribution in [1.82, 2.24) is 14.1 Å². The van der Waals surface area contributed by atoms with E-state index in [9.17, 15) is 27.6 Å². The molecule has 1 aromatic carbocycles. The van der Waals surface area contributed by atoms with E-state index in [4.69, 9.17) is 4.74 Å². The van der Waals surface area contributed by atoms with E-state index >= 15 is 0 Å². The van der Waals surface area contributed by atoms with Gasteiger partial charge in [0.05, 0.1) is 12.2 Å². The summed E-state index contributed by atoms with van der Waals surface area (Å²) in [6, 6.07) is 3.82. The molecule has 0 bridgehead atoms. The summed E-state index contributed by atoms with van der Waals surface area (Å²) < 4.78 is 45.6. The highest BCUT2D eigenvalue weighted by Gasteiger charge is 2.30. The summed E-state index contributed by atoms with van der Waals surface area (Å²) in [7, 11) is 1.42. The molecule has 0 aliphatic heterocycles. The van der Waals surface area contributed by atoms with Gasteiger partial charge in [0.15, 0.2) is 5.65 Å². The van der Waals surface area contributed by atoms with E-state index in [0.29, 0.717) is 17.7 Å². The SMILES string of the molecule is CCOc1c(CC)cnc2c1c(=O)n(CC(=O)Nc1ccc(C(F)(F)F)cc1)c(=O)n2C. The Bertz CT molecular complexity index is 1280. The van der Waals surface area contributed by atoms with Crippen LogP contribution in [0.1, 0.15) is 25.0 Å². The number of amides is 1. The van der Waals surface area contributed by atoms with Gasteiger partial charge in [-0.15, -0.1) is 0 Å². The Balaban J connectivity index is 2.00. The zero-order valence-corrected chi connectivity index (χ0v) is 17.6. The van der Waals surface area contributed by atoms with Crippen molar-refractivity contribution in [2.45, 2.75) is 33.0 Å². The second-order valence-electron chi connectivity index (χ2n) is 6.95. The zero-order chi connectivity index (χ0) is 23.6. The topological polar surface area (TPSA) is 95.2 Å². The number of aryl methyl sites for hydroxylation is 2. The number of ether oxygens (including phenoxy) is 1. The molecule has 2 heterocycles. The Hall–Kier alpha value is -3.63. The summed E-state index contributed by atoms with van der Waals surface area (Å²) in [4.78, 5) is 42.5. The smallest absolute Gasteiger partial charge is 0.416 e. The predicted octanol–water partition coefficient (Wildman–Crippen LogP) is 2.71. The third-order valence-corrected chi connectivity index (χ3v) is 4.85. The van der Waals surface area contributed by atoms with E-state index in [2.05, 4.69) is 10.3 Å². The maximum absolute atomic E-state index is 13.1. The molecular weight excluding hydrogens is 429 g/mol. The molecule has 0 saturated heterocycles. The molecule has 32 heavy (non-hydrogen) atoms. The van der Waals surface area contributed by atoms with Crippen LogP contribution in [0.4, 0.5) is 18.9 Å². The first-order valence-electron chi connectivity index (χ1n) is 9.79. The van der Waals surface area contributed by atoms with Crippen LogP contribution < -0.4 is 21.3 Å². The Labute approximate surface area is 180 Å². The highest BCUT2D eigenvalue weighted by molar-refractivity contribution is 5.91.